The lowest BCUT2D eigenvalue weighted by Gasteiger charge is -2.40. The number of rotatable bonds is 7. The average Bonchev–Trinajstić information content (AvgIpc) is 2.95. The van der Waals surface area contributed by atoms with Crippen LogP contribution in [0, 0.1) is 5.92 Å². The van der Waals surface area contributed by atoms with Gasteiger partial charge in [0.2, 0.25) is 0 Å². The fraction of sp³-hybridized carbons (Fsp3) is 0.667. The molecule has 0 aromatic rings. The minimum Gasteiger partial charge on any atom is -0.458 e. The van der Waals surface area contributed by atoms with Crippen molar-refractivity contribution in [2.45, 2.75) is 122 Å². The van der Waals surface area contributed by atoms with Crippen LogP contribution in [0.3, 0.4) is 0 Å². The van der Waals surface area contributed by atoms with Crippen LogP contribution >= 0.6 is 0 Å². The number of ether oxygens (including phenoxy) is 4. The molecule has 0 aromatic heterocycles. The third kappa shape index (κ3) is 12.2. The van der Waals surface area contributed by atoms with E-state index in [2.05, 4.69) is 26.0 Å². The van der Waals surface area contributed by atoms with Crippen LogP contribution in [0.25, 0.3) is 0 Å². The summed E-state index contributed by atoms with van der Waals surface area (Å²) in [6, 6.07) is 0. The zero-order chi connectivity index (χ0) is 31.1. The summed E-state index contributed by atoms with van der Waals surface area (Å²) in [4.78, 5) is 13.2. The maximum Gasteiger partial charge on any atom is 0.309 e. The van der Waals surface area contributed by atoms with Crippen LogP contribution in [0.2, 0.25) is 0 Å². The number of hydrogen-bond acceptors (Lipinski definition) is 9. The highest BCUT2D eigenvalue weighted by atomic mass is 16.7. The number of allylic oxidation sites excluding steroid dienone is 7. The van der Waals surface area contributed by atoms with Gasteiger partial charge >= 0.3 is 5.97 Å². The van der Waals surface area contributed by atoms with Crippen molar-refractivity contribution in [1.82, 2.24) is 0 Å². The fourth-order valence-corrected chi connectivity index (χ4v) is 5.18. The Morgan fingerprint density at radius 1 is 1.10 bits per heavy atom. The van der Waals surface area contributed by atoms with Crippen molar-refractivity contribution in [2.24, 2.45) is 5.92 Å². The molecule has 238 valence electrons. The molecule has 0 amide bonds. The number of esters is 1. The largest absolute Gasteiger partial charge is 0.458 e. The Kier molecular flexibility index (Phi) is 16.5. The molecule has 0 spiro atoms. The Balaban J connectivity index is 2.31. The lowest BCUT2D eigenvalue weighted by Crippen LogP contribution is -2.59. The number of methoxy groups -OCH3 is 1. The van der Waals surface area contributed by atoms with Gasteiger partial charge in [-0.15, -0.1) is 0 Å². The lowest BCUT2D eigenvalue weighted by molar-refractivity contribution is -0.312. The lowest BCUT2D eigenvalue weighted by atomic mass is 9.97. The maximum atomic E-state index is 13.2. The van der Waals surface area contributed by atoms with Crippen molar-refractivity contribution in [3.63, 3.8) is 0 Å². The Morgan fingerprint density at radius 2 is 1.81 bits per heavy atom. The van der Waals surface area contributed by atoms with Gasteiger partial charge in [-0.3, -0.25) is 4.79 Å². The first-order valence-corrected chi connectivity index (χ1v) is 15.1. The molecule has 2 aliphatic rings. The first-order chi connectivity index (χ1) is 20.1. The van der Waals surface area contributed by atoms with E-state index >= 15 is 0 Å². The van der Waals surface area contributed by atoms with E-state index in [1.54, 1.807) is 7.11 Å². The fourth-order valence-electron chi connectivity index (χ4n) is 5.18. The van der Waals surface area contributed by atoms with E-state index in [9.17, 15) is 25.2 Å². The monoisotopic (exact) mass is 592 g/mol. The summed E-state index contributed by atoms with van der Waals surface area (Å²) in [7, 11) is 1.68. The van der Waals surface area contributed by atoms with E-state index in [-0.39, 0.29) is 12.5 Å². The van der Waals surface area contributed by atoms with Gasteiger partial charge in [0.05, 0.1) is 25.2 Å². The Bertz CT molecular complexity index is 951. The molecule has 9 heteroatoms. The summed E-state index contributed by atoms with van der Waals surface area (Å²) in [5.41, 5.74) is 2.21. The highest BCUT2D eigenvalue weighted by Crippen LogP contribution is 2.26. The Morgan fingerprint density at radius 3 is 2.48 bits per heavy atom. The molecule has 42 heavy (non-hydrogen) atoms. The first-order valence-electron chi connectivity index (χ1n) is 15.1. The summed E-state index contributed by atoms with van der Waals surface area (Å²) < 4.78 is 23.2. The van der Waals surface area contributed by atoms with E-state index in [0.717, 1.165) is 24.0 Å². The van der Waals surface area contributed by atoms with E-state index in [4.69, 9.17) is 18.9 Å². The summed E-state index contributed by atoms with van der Waals surface area (Å²) in [6.45, 7) is 7.61. The van der Waals surface area contributed by atoms with Gasteiger partial charge in [0, 0.05) is 13.5 Å². The molecule has 1 fully saturated rings. The van der Waals surface area contributed by atoms with Crippen molar-refractivity contribution in [2.75, 3.05) is 13.7 Å². The van der Waals surface area contributed by atoms with Gasteiger partial charge in [0.15, 0.2) is 6.29 Å². The highest BCUT2D eigenvalue weighted by Gasteiger charge is 2.45. The van der Waals surface area contributed by atoms with Crippen LogP contribution < -0.4 is 0 Å². The molecule has 9 nitrogen and oxygen atoms in total. The molecule has 0 bridgehead atoms. The SMILES string of the molecule is C/C=C/C/C(C)=C\[C@H]1C/C=C/C=C/C[C@H](C)/C=C(\C)[C@@H](OC)CCC[C@@H](O[C@@H]2O[C@H](CO)[C@@H](O)[C@H](O)[C@H]2O)CC(=O)O1. The standard InChI is InChI=1S/C33H52O9/c1-6-7-13-23(3)19-25-15-11-9-8-10-14-22(2)18-24(4)27(39-5)17-12-16-26(20-29(35)40-25)41-33-32(38)31(37)30(36)28(21-34)42-33/h6-11,18-19,22,25-28,30-34,36-38H,12-17,20-21H2,1-5H3/b7-6+,10-8+,11-9+,23-19-,24-18+/t22-,25+,26+,27-,28+,30+,31-,32+,33+/m0/s1. The molecule has 2 aliphatic heterocycles. The predicted molar refractivity (Wildman–Crippen MR) is 161 cm³/mol. The summed E-state index contributed by atoms with van der Waals surface area (Å²) in [6.07, 6.45) is 11.7. The van der Waals surface area contributed by atoms with Gasteiger partial charge in [-0.05, 0) is 70.4 Å². The molecule has 2 rings (SSSR count). The van der Waals surface area contributed by atoms with Crippen molar-refractivity contribution in [3.05, 3.63) is 59.8 Å². The van der Waals surface area contributed by atoms with E-state index < -0.39 is 55.5 Å². The molecule has 4 N–H and O–H groups in total. The van der Waals surface area contributed by atoms with Crippen molar-refractivity contribution >= 4 is 5.97 Å². The van der Waals surface area contributed by atoms with Gasteiger partial charge in [-0.1, -0.05) is 55.0 Å². The van der Waals surface area contributed by atoms with Crippen LogP contribution in [0.5, 0.6) is 0 Å². The van der Waals surface area contributed by atoms with Crippen molar-refractivity contribution in [3.8, 4) is 0 Å². The van der Waals surface area contributed by atoms with Crippen LogP contribution in [-0.4, -0.2) is 89.1 Å². The maximum absolute atomic E-state index is 13.2. The quantitative estimate of drug-likeness (QED) is 0.255. The zero-order valence-electron chi connectivity index (χ0n) is 25.8. The number of carbonyl (C=O) groups is 1. The van der Waals surface area contributed by atoms with Crippen molar-refractivity contribution < 1.29 is 44.2 Å². The van der Waals surface area contributed by atoms with Crippen molar-refractivity contribution in [1.29, 1.82) is 0 Å². The van der Waals surface area contributed by atoms with E-state index in [1.165, 1.54) is 0 Å². The Labute approximate surface area is 251 Å². The molecule has 0 aromatic carbocycles. The molecular weight excluding hydrogens is 540 g/mol. The second-order valence-corrected chi connectivity index (χ2v) is 11.3. The minimum absolute atomic E-state index is 0.107. The smallest absolute Gasteiger partial charge is 0.309 e. The average molecular weight is 593 g/mol. The van der Waals surface area contributed by atoms with E-state index in [0.29, 0.717) is 31.6 Å². The van der Waals surface area contributed by atoms with Gasteiger partial charge in [-0.2, -0.15) is 0 Å². The number of hydrogen-bond donors (Lipinski definition) is 4. The molecular formula is C33H52O9. The summed E-state index contributed by atoms with van der Waals surface area (Å²) >= 11 is 0. The van der Waals surface area contributed by atoms with E-state index in [1.807, 2.05) is 50.3 Å². The minimum atomic E-state index is -1.57. The number of carbonyl (C=O) groups excluding carboxylic acids is 1. The molecule has 9 atom stereocenters. The van der Waals surface area contributed by atoms with Gasteiger partial charge in [-0.25, -0.2) is 0 Å². The molecule has 1 saturated heterocycles. The normalized spacial score (nSPS) is 37.7. The zero-order valence-corrected chi connectivity index (χ0v) is 25.8. The van der Waals surface area contributed by atoms with Crippen LogP contribution in [0.4, 0.5) is 0 Å². The Hall–Kier alpha value is -2.11. The van der Waals surface area contributed by atoms with Gasteiger partial charge in [0.25, 0.3) is 0 Å². The van der Waals surface area contributed by atoms with Crippen LogP contribution in [-0.2, 0) is 23.7 Å². The second-order valence-electron chi connectivity index (χ2n) is 11.3. The number of aliphatic hydroxyl groups is 4. The van der Waals surface area contributed by atoms with Crippen LogP contribution in [0.1, 0.15) is 72.6 Å². The molecule has 0 saturated carbocycles. The third-order valence-electron chi connectivity index (χ3n) is 7.59. The first kappa shape index (κ1) is 36.1. The summed E-state index contributed by atoms with van der Waals surface area (Å²) in [5, 5.41) is 40.5. The topological polar surface area (TPSA) is 135 Å². The third-order valence-corrected chi connectivity index (χ3v) is 7.59. The number of aliphatic hydroxyl groups excluding tert-OH is 4. The molecule has 0 radical (unpaired) electrons. The van der Waals surface area contributed by atoms with Gasteiger partial charge in [0.1, 0.15) is 30.5 Å². The molecule has 0 aliphatic carbocycles. The predicted octanol–water partition coefficient (Wildman–Crippen LogP) is 4.06. The second kappa shape index (κ2) is 19.2. The number of cyclic esters (lactones) is 1. The van der Waals surface area contributed by atoms with Crippen LogP contribution in [0.15, 0.2) is 59.8 Å². The summed E-state index contributed by atoms with van der Waals surface area (Å²) in [5.74, 6) is -0.137. The molecule has 0 unspecified atom stereocenters. The highest BCUT2D eigenvalue weighted by molar-refractivity contribution is 5.70. The van der Waals surface area contributed by atoms with Gasteiger partial charge < -0.3 is 39.4 Å². The molecule has 2 heterocycles.